The molecule has 3 rings (SSSR count). The lowest BCUT2D eigenvalue weighted by Gasteiger charge is -2.22. The Morgan fingerprint density at radius 3 is 2.83 bits per heavy atom. The lowest BCUT2D eigenvalue weighted by Crippen LogP contribution is -2.38. The molecule has 1 aliphatic rings. The van der Waals surface area contributed by atoms with E-state index in [4.69, 9.17) is 0 Å². The van der Waals surface area contributed by atoms with E-state index < -0.39 is 0 Å². The van der Waals surface area contributed by atoms with Gasteiger partial charge in [-0.1, -0.05) is 6.07 Å². The second kappa shape index (κ2) is 7.04. The smallest absolute Gasteiger partial charge is 0.323 e. The summed E-state index contributed by atoms with van der Waals surface area (Å²) in [6, 6.07) is 9.30. The third-order valence-electron chi connectivity index (χ3n) is 3.79. The summed E-state index contributed by atoms with van der Waals surface area (Å²) in [5, 5.41) is 10.9. The molecule has 7 nitrogen and oxygen atoms in total. The number of hydrogen-bond donors (Lipinski definition) is 1. The molecule has 7 heteroatoms. The number of carbonyl (C=O) groups is 1. The van der Waals surface area contributed by atoms with Crippen molar-refractivity contribution in [3.63, 3.8) is 0 Å². The number of urea groups is 1. The van der Waals surface area contributed by atoms with Crippen LogP contribution in [0.15, 0.2) is 36.5 Å². The predicted molar refractivity (Wildman–Crippen MR) is 88.4 cm³/mol. The Bertz CT molecular complexity index is 663. The molecule has 0 radical (unpaired) electrons. The summed E-state index contributed by atoms with van der Waals surface area (Å²) in [7, 11) is 0. The number of rotatable bonds is 2. The topological polar surface area (TPSA) is 74.2 Å². The van der Waals surface area contributed by atoms with Crippen molar-refractivity contribution >= 4 is 17.7 Å². The van der Waals surface area contributed by atoms with Crippen molar-refractivity contribution < 1.29 is 4.79 Å². The molecule has 1 N–H and O–H groups in total. The summed E-state index contributed by atoms with van der Waals surface area (Å²) >= 11 is 0. The normalized spacial score (nSPS) is 15.2. The SMILES string of the molecule is Cc1cccc(NC(=O)N2CCCN(c3cccnn3)CC2)n1. The van der Waals surface area contributed by atoms with Gasteiger partial charge < -0.3 is 9.80 Å². The van der Waals surface area contributed by atoms with E-state index in [0.29, 0.717) is 18.9 Å². The Hall–Kier alpha value is -2.70. The van der Waals surface area contributed by atoms with E-state index in [1.54, 1.807) is 12.3 Å². The largest absolute Gasteiger partial charge is 0.353 e. The standard InChI is InChI=1S/C16H20N6O/c1-13-5-2-6-14(18-13)19-16(23)22-10-4-9-21(11-12-22)15-7-3-8-17-20-15/h2-3,5-8H,4,9-12H2,1H3,(H,18,19,23). The van der Waals surface area contributed by atoms with Crippen LogP contribution < -0.4 is 10.2 Å². The minimum atomic E-state index is -0.107. The summed E-state index contributed by atoms with van der Waals surface area (Å²) in [4.78, 5) is 20.7. The Labute approximate surface area is 135 Å². The molecule has 0 saturated carbocycles. The summed E-state index contributed by atoms with van der Waals surface area (Å²) in [5.74, 6) is 1.44. The van der Waals surface area contributed by atoms with Gasteiger partial charge >= 0.3 is 6.03 Å². The van der Waals surface area contributed by atoms with Crippen LogP contribution in [0.1, 0.15) is 12.1 Å². The third kappa shape index (κ3) is 3.94. The van der Waals surface area contributed by atoms with E-state index in [0.717, 1.165) is 31.0 Å². The molecule has 3 heterocycles. The van der Waals surface area contributed by atoms with E-state index in [1.165, 1.54) is 0 Å². The van der Waals surface area contributed by atoms with Gasteiger partial charge in [-0.3, -0.25) is 5.32 Å². The molecule has 1 aliphatic heterocycles. The number of nitrogens with one attached hydrogen (secondary N) is 1. The molecule has 0 atom stereocenters. The molecule has 2 amide bonds. The van der Waals surface area contributed by atoms with E-state index in [2.05, 4.69) is 25.4 Å². The fourth-order valence-corrected chi connectivity index (χ4v) is 2.61. The summed E-state index contributed by atoms with van der Waals surface area (Å²) in [5.41, 5.74) is 0.882. The quantitative estimate of drug-likeness (QED) is 0.917. The van der Waals surface area contributed by atoms with Gasteiger partial charge in [-0.25, -0.2) is 9.78 Å². The number of hydrogen-bond acceptors (Lipinski definition) is 5. The van der Waals surface area contributed by atoms with E-state index in [1.807, 2.05) is 36.1 Å². The average molecular weight is 312 g/mol. The minimum absolute atomic E-state index is 0.107. The van der Waals surface area contributed by atoms with Gasteiger partial charge in [-0.05, 0) is 37.6 Å². The van der Waals surface area contributed by atoms with Crippen molar-refractivity contribution in [2.75, 3.05) is 36.4 Å². The first kappa shape index (κ1) is 15.2. The lowest BCUT2D eigenvalue weighted by atomic mass is 10.3. The second-order valence-electron chi connectivity index (χ2n) is 5.50. The number of carbonyl (C=O) groups excluding carboxylic acids is 1. The monoisotopic (exact) mass is 312 g/mol. The van der Waals surface area contributed by atoms with Gasteiger partial charge in [0, 0.05) is 38.1 Å². The molecule has 0 spiro atoms. The lowest BCUT2D eigenvalue weighted by molar-refractivity contribution is 0.215. The van der Waals surface area contributed by atoms with Crippen molar-refractivity contribution in [1.82, 2.24) is 20.1 Å². The maximum absolute atomic E-state index is 12.4. The van der Waals surface area contributed by atoms with Crippen molar-refractivity contribution in [2.24, 2.45) is 0 Å². The van der Waals surface area contributed by atoms with Crippen molar-refractivity contribution in [1.29, 1.82) is 0 Å². The van der Waals surface area contributed by atoms with Crippen LogP contribution in [0.4, 0.5) is 16.4 Å². The van der Waals surface area contributed by atoms with Gasteiger partial charge in [0.2, 0.25) is 0 Å². The Morgan fingerprint density at radius 1 is 1.13 bits per heavy atom. The molecule has 1 fully saturated rings. The number of aromatic nitrogens is 3. The van der Waals surface area contributed by atoms with Crippen LogP contribution in [0.2, 0.25) is 0 Å². The molecule has 0 aliphatic carbocycles. The summed E-state index contributed by atoms with van der Waals surface area (Å²) < 4.78 is 0. The molecule has 0 unspecified atom stereocenters. The first-order valence-corrected chi connectivity index (χ1v) is 7.74. The first-order chi connectivity index (χ1) is 11.2. The van der Waals surface area contributed by atoms with Gasteiger partial charge in [-0.15, -0.1) is 5.10 Å². The highest BCUT2D eigenvalue weighted by atomic mass is 16.2. The zero-order valence-corrected chi connectivity index (χ0v) is 13.1. The number of nitrogens with zero attached hydrogens (tertiary/aromatic N) is 5. The summed E-state index contributed by atoms with van der Waals surface area (Å²) in [6.07, 6.45) is 2.56. The first-order valence-electron chi connectivity index (χ1n) is 7.74. The number of aryl methyl sites for hydroxylation is 1. The molecular weight excluding hydrogens is 292 g/mol. The summed E-state index contributed by atoms with van der Waals surface area (Å²) in [6.45, 7) is 4.88. The molecule has 2 aromatic heterocycles. The number of amides is 2. The highest BCUT2D eigenvalue weighted by molar-refractivity contribution is 5.88. The Kier molecular flexibility index (Phi) is 4.65. The maximum Gasteiger partial charge on any atom is 0.323 e. The zero-order valence-electron chi connectivity index (χ0n) is 13.1. The van der Waals surface area contributed by atoms with Gasteiger partial charge in [-0.2, -0.15) is 5.10 Å². The Morgan fingerprint density at radius 2 is 2.04 bits per heavy atom. The predicted octanol–water partition coefficient (Wildman–Crippen LogP) is 1.92. The highest BCUT2D eigenvalue weighted by Gasteiger charge is 2.20. The van der Waals surface area contributed by atoms with Gasteiger partial charge in [0.25, 0.3) is 0 Å². The van der Waals surface area contributed by atoms with Gasteiger partial charge in [0.15, 0.2) is 5.82 Å². The van der Waals surface area contributed by atoms with E-state index >= 15 is 0 Å². The van der Waals surface area contributed by atoms with Crippen molar-refractivity contribution in [2.45, 2.75) is 13.3 Å². The second-order valence-corrected chi connectivity index (χ2v) is 5.50. The molecule has 23 heavy (non-hydrogen) atoms. The van der Waals surface area contributed by atoms with Crippen LogP contribution in [-0.2, 0) is 0 Å². The van der Waals surface area contributed by atoms with E-state index in [-0.39, 0.29) is 6.03 Å². The van der Waals surface area contributed by atoms with Crippen molar-refractivity contribution in [3.05, 3.63) is 42.2 Å². The highest BCUT2D eigenvalue weighted by Crippen LogP contribution is 2.13. The van der Waals surface area contributed by atoms with Gasteiger partial charge in [0.05, 0.1) is 0 Å². The number of anilines is 2. The third-order valence-corrected chi connectivity index (χ3v) is 3.79. The van der Waals surface area contributed by atoms with Crippen LogP contribution in [-0.4, -0.2) is 52.3 Å². The fraction of sp³-hybridized carbons (Fsp3) is 0.375. The number of pyridine rings is 1. The fourth-order valence-electron chi connectivity index (χ4n) is 2.61. The Balaban J connectivity index is 1.60. The van der Waals surface area contributed by atoms with Crippen LogP contribution in [0.3, 0.4) is 0 Å². The van der Waals surface area contributed by atoms with Crippen LogP contribution in [0.5, 0.6) is 0 Å². The molecule has 2 aromatic rings. The van der Waals surface area contributed by atoms with E-state index in [9.17, 15) is 4.79 Å². The van der Waals surface area contributed by atoms with Crippen LogP contribution >= 0.6 is 0 Å². The van der Waals surface area contributed by atoms with Crippen molar-refractivity contribution in [3.8, 4) is 0 Å². The average Bonchev–Trinajstić information content (AvgIpc) is 2.82. The van der Waals surface area contributed by atoms with Crippen LogP contribution in [0, 0.1) is 6.92 Å². The zero-order chi connectivity index (χ0) is 16.1. The molecule has 1 saturated heterocycles. The minimum Gasteiger partial charge on any atom is -0.353 e. The molecule has 0 aromatic carbocycles. The molecule has 0 bridgehead atoms. The molecular formula is C16H20N6O. The maximum atomic E-state index is 12.4. The van der Waals surface area contributed by atoms with Gasteiger partial charge in [0.1, 0.15) is 5.82 Å². The molecule has 120 valence electrons. The van der Waals surface area contributed by atoms with Crippen LogP contribution in [0.25, 0.3) is 0 Å².